The molecule has 154 valence electrons. The number of carbonyl (C=O) groups is 3. The molecule has 1 unspecified atom stereocenters. The predicted molar refractivity (Wildman–Crippen MR) is 101 cm³/mol. The number of ether oxygens (including phenoxy) is 1. The van der Waals surface area contributed by atoms with E-state index >= 15 is 0 Å². The minimum Gasteiger partial charge on any atom is -0.454 e. The fourth-order valence-electron chi connectivity index (χ4n) is 3.41. The Bertz CT molecular complexity index is 874. The molecule has 10 heteroatoms. The molecule has 0 saturated carbocycles. The molecule has 0 bridgehead atoms. The van der Waals surface area contributed by atoms with Crippen LogP contribution in [0, 0.1) is 20.8 Å². The van der Waals surface area contributed by atoms with Gasteiger partial charge in [-0.15, -0.1) is 0 Å². The molecule has 0 aromatic heterocycles. The summed E-state index contributed by atoms with van der Waals surface area (Å²) in [5.74, 6) is -1.61. The highest BCUT2D eigenvalue weighted by molar-refractivity contribution is 7.89. The number of hydrogen-bond acceptors (Lipinski definition) is 6. The summed E-state index contributed by atoms with van der Waals surface area (Å²) in [6.07, 6.45) is 0.812. The maximum absolute atomic E-state index is 13.2. The minimum atomic E-state index is -3.90. The van der Waals surface area contributed by atoms with Crippen molar-refractivity contribution in [2.75, 3.05) is 20.2 Å². The second kappa shape index (κ2) is 8.70. The highest BCUT2D eigenvalue weighted by atomic mass is 32.2. The lowest BCUT2D eigenvalue weighted by atomic mass is 10.1. The topological polar surface area (TPSA) is 122 Å². The SMILES string of the molecule is CNC(=O)NC(=O)COC(=O)C1CCCN1S(=O)(=O)c1c(C)cc(C)cc1C. The van der Waals surface area contributed by atoms with Gasteiger partial charge in [-0.3, -0.25) is 14.9 Å². The number of aryl methyl sites for hydroxylation is 3. The first-order valence-electron chi connectivity index (χ1n) is 8.85. The number of sulfonamides is 1. The monoisotopic (exact) mass is 411 g/mol. The van der Waals surface area contributed by atoms with Gasteiger partial charge >= 0.3 is 12.0 Å². The zero-order valence-electron chi connectivity index (χ0n) is 16.4. The number of urea groups is 1. The van der Waals surface area contributed by atoms with Crippen molar-refractivity contribution in [1.29, 1.82) is 0 Å². The van der Waals surface area contributed by atoms with Crippen molar-refractivity contribution in [3.05, 3.63) is 28.8 Å². The van der Waals surface area contributed by atoms with Gasteiger partial charge in [0, 0.05) is 13.6 Å². The Hall–Kier alpha value is -2.46. The number of hydrogen-bond donors (Lipinski definition) is 2. The van der Waals surface area contributed by atoms with Gasteiger partial charge in [-0.1, -0.05) is 17.7 Å². The number of nitrogens with one attached hydrogen (secondary N) is 2. The fraction of sp³-hybridized carbons (Fsp3) is 0.500. The number of benzene rings is 1. The molecule has 0 aliphatic carbocycles. The second-order valence-electron chi connectivity index (χ2n) is 6.74. The first-order chi connectivity index (χ1) is 13.1. The van der Waals surface area contributed by atoms with E-state index in [4.69, 9.17) is 4.74 Å². The van der Waals surface area contributed by atoms with Gasteiger partial charge < -0.3 is 10.1 Å². The molecule has 1 aliphatic rings. The maximum Gasteiger partial charge on any atom is 0.324 e. The van der Waals surface area contributed by atoms with Gasteiger partial charge in [0.15, 0.2) is 6.61 Å². The third-order valence-electron chi connectivity index (χ3n) is 4.47. The molecule has 1 heterocycles. The number of nitrogens with zero attached hydrogens (tertiary/aromatic N) is 1. The molecular formula is C18H25N3O6S. The van der Waals surface area contributed by atoms with Crippen molar-refractivity contribution >= 4 is 27.9 Å². The van der Waals surface area contributed by atoms with E-state index in [-0.39, 0.29) is 11.4 Å². The van der Waals surface area contributed by atoms with Crippen LogP contribution in [-0.4, -0.2) is 56.9 Å². The second-order valence-corrected chi connectivity index (χ2v) is 8.56. The van der Waals surface area contributed by atoms with Crippen LogP contribution in [0.1, 0.15) is 29.5 Å². The van der Waals surface area contributed by atoms with Crippen LogP contribution in [0.2, 0.25) is 0 Å². The van der Waals surface area contributed by atoms with Crippen molar-refractivity contribution in [2.24, 2.45) is 0 Å². The minimum absolute atomic E-state index is 0.190. The molecule has 2 rings (SSSR count). The van der Waals surface area contributed by atoms with E-state index in [1.54, 1.807) is 26.0 Å². The van der Waals surface area contributed by atoms with E-state index in [2.05, 4.69) is 5.32 Å². The summed E-state index contributed by atoms with van der Waals surface area (Å²) in [6, 6.07) is 1.84. The van der Waals surface area contributed by atoms with E-state index < -0.39 is 40.6 Å². The first-order valence-corrected chi connectivity index (χ1v) is 10.3. The molecule has 1 fully saturated rings. The average Bonchev–Trinajstić information content (AvgIpc) is 3.09. The average molecular weight is 411 g/mol. The Labute approximate surface area is 164 Å². The maximum atomic E-state index is 13.2. The van der Waals surface area contributed by atoms with Gasteiger partial charge in [-0.05, 0) is 44.7 Å². The molecule has 9 nitrogen and oxygen atoms in total. The van der Waals surface area contributed by atoms with Crippen LogP contribution in [-0.2, 0) is 24.3 Å². The van der Waals surface area contributed by atoms with Gasteiger partial charge in [-0.2, -0.15) is 4.31 Å². The van der Waals surface area contributed by atoms with Crippen molar-refractivity contribution in [3.8, 4) is 0 Å². The van der Waals surface area contributed by atoms with Crippen molar-refractivity contribution < 1.29 is 27.5 Å². The molecule has 1 aromatic rings. The standard InChI is InChI=1S/C18H25N3O6S/c1-11-8-12(2)16(13(3)9-11)28(25,26)21-7-5-6-14(21)17(23)27-10-15(22)20-18(24)19-4/h8-9,14H,5-7,10H2,1-4H3,(H2,19,20,22,24). The summed E-state index contributed by atoms with van der Waals surface area (Å²) in [7, 11) is -2.57. The zero-order valence-corrected chi connectivity index (χ0v) is 17.2. The molecule has 2 N–H and O–H groups in total. The van der Waals surface area contributed by atoms with Gasteiger partial charge in [0.1, 0.15) is 6.04 Å². The molecule has 1 saturated heterocycles. The fourth-order valence-corrected chi connectivity index (χ4v) is 5.47. The highest BCUT2D eigenvalue weighted by Crippen LogP contribution is 2.31. The van der Waals surface area contributed by atoms with Crippen LogP contribution < -0.4 is 10.6 Å². The third kappa shape index (κ3) is 4.68. The lowest BCUT2D eigenvalue weighted by molar-refractivity contribution is -0.151. The third-order valence-corrected chi connectivity index (χ3v) is 6.69. The number of amides is 3. The summed E-state index contributed by atoms with van der Waals surface area (Å²) in [4.78, 5) is 35.3. The van der Waals surface area contributed by atoms with Crippen LogP contribution in [0.3, 0.4) is 0 Å². The van der Waals surface area contributed by atoms with Gasteiger partial charge in [-0.25, -0.2) is 13.2 Å². The largest absolute Gasteiger partial charge is 0.454 e. The van der Waals surface area contributed by atoms with E-state index in [1.165, 1.54) is 7.05 Å². The molecule has 1 aliphatic heterocycles. The van der Waals surface area contributed by atoms with Crippen molar-refractivity contribution in [1.82, 2.24) is 14.9 Å². The Morgan fingerprint density at radius 2 is 1.79 bits per heavy atom. The summed E-state index contributed by atoms with van der Waals surface area (Å²) >= 11 is 0. The summed E-state index contributed by atoms with van der Waals surface area (Å²) in [6.45, 7) is 4.85. The molecular weight excluding hydrogens is 386 g/mol. The normalized spacial score (nSPS) is 17.2. The quantitative estimate of drug-likeness (QED) is 0.690. The number of rotatable bonds is 5. The lowest BCUT2D eigenvalue weighted by Crippen LogP contribution is -2.44. The van der Waals surface area contributed by atoms with Crippen LogP contribution >= 0.6 is 0 Å². The first kappa shape index (κ1) is 21.8. The van der Waals surface area contributed by atoms with Crippen LogP contribution in [0.4, 0.5) is 4.79 Å². The van der Waals surface area contributed by atoms with Gasteiger partial charge in [0.05, 0.1) is 4.90 Å². The number of imide groups is 1. The van der Waals surface area contributed by atoms with Crippen molar-refractivity contribution in [2.45, 2.75) is 44.6 Å². The van der Waals surface area contributed by atoms with Crippen LogP contribution in [0.25, 0.3) is 0 Å². The Balaban J connectivity index is 2.17. The van der Waals surface area contributed by atoms with Gasteiger partial charge in [0.2, 0.25) is 10.0 Å². The zero-order chi connectivity index (χ0) is 21.1. The molecule has 3 amide bonds. The van der Waals surface area contributed by atoms with Crippen LogP contribution in [0.15, 0.2) is 17.0 Å². The van der Waals surface area contributed by atoms with Gasteiger partial charge in [0.25, 0.3) is 5.91 Å². The smallest absolute Gasteiger partial charge is 0.324 e. The summed E-state index contributed by atoms with van der Waals surface area (Å²) in [5, 5.41) is 4.16. The van der Waals surface area contributed by atoms with E-state index in [9.17, 15) is 22.8 Å². The molecule has 28 heavy (non-hydrogen) atoms. The number of carbonyl (C=O) groups excluding carboxylic acids is 3. The Kier molecular flexibility index (Phi) is 6.78. The Morgan fingerprint density at radius 1 is 1.18 bits per heavy atom. The summed E-state index contributed by atoms with van der Waals surface area (Å²) in [5.41, 5.74) is 2.18. The van der Waals surface area contributed by atoms with Crippen molar-refractivity contribution in [3.63, 3.8) is 0 Å². The van der Waals surface area contributed by atoms with Crippen LogP contribution in [0.5, 0.6) is 0 Å². The lowest BCUT2D eigenvalue weighted by Gasteiger charge is -2.24. The molecule has 1 atom stereocenters. The molecule has 0 spiro atoms. The van der Waals surface area contributed by atoms with E-state index in [0.717, 1.165) is 9.87 Å². The Morgan fingerprint density at radius 3 is 2.36 bits per heavy atom. The summed E-state index contributed by atoms with van der Waals surface area (Å²) < 4.78 is 32.5. The molecule has 1 aromatic carbocycles. The number of esters is 1. The van der Waals surface area contributed by atoms with E-state index in [0.29, 0.717) is 24.0 Å². The van der Waals surface area contributed by atoms with E-state index in [1.807, 2.05) is 12.2 Å². The highest BCUT2D eigenvalue weighted by Gasteiger charge is 2.41. The predicted octanol–water partition coefficient (Wildman–Crippen LogP) is 0.764. The molecule has 0 radical (unpaired) electrons.